The molecule has 0 aliphatic carbocycles. The molecular weight excluding hydrogens is 240 g/mol. The summed E-state index contributed by atoms with van der Waals surface area (Å²) >= 11 is 0. The number of anilines is 1. The number of hydrogen-bond acceptors (Lipinski definition) is 5. The van der Waals surface area contributed by atoms with Crippen LogP contribution in [0.4, 0.5) is 5.82 Å². The molecule has 3 rings (SSSR count). The average Bonchev–Trinajstić information content (AvgIpc) is 2.89. The van der Waals surface area contributed by atoms with E-state index in [4.69, 9.17) is 5.26 Å². The highest BCUT2D eigenvalue weighted by Gasteiger charge is 2.35. The first-order chi connectivity index (χ1) is 9.30. The van der Waals surface area contributed by atoms with Crippen LogP contribution < -0.4 is 4.90 Å². The fraction of sp³-hybridized carbons (Fsp3) is 0.571. The molecule has 0 saturated carbocycles. The fourth-order valence-electron chi connectivity index (χ4n) is 3.13. The first-order valence-electron chi connectivity index (χ1n) is 6.76. The van der Waals surface area contributed by atoms with E-state index in [2.05, 4.69) is 20.9 Å². The van der Waals surface area contributed by atoms with Crippen molar-refractivity contribution in [3.05, 3.63) is 23.9 Å². The summed E-state index contributed by atoms with van der Waals surface area (Å²) in [5.41, 5.74) is 0.601. The number of fused-ring (bicyclic) bond motifs is 1. The first-order valence-corrected chi connectivity index (χ1v) is 6.76. The van der Waals surface area contributed by atoms with E-state index in [-0.39, 0.29) is 0 Å². The third kappa shape index (κ3) is 2.42. The van der Waals surface area contributed by atoms with Crippen LogP contribution in [0.1, 0.15) is 12.0 Å². The fourth-order valence-corrected chi connectivity index (χ4v) is 3.13. The second-order valence-corrected chi connectivity index (χ2v) is 5.40. The van der Waals surface area contributed by atoms with Gasteiger partial charge in [0.1, 0.15) is 11.9 Å². The molecule has 3 heterocycles. The second kappa shape index (κ2) is 5.16. The van der Waals surface area contributed by atoms with Crippen LogP contribution in [0.25, 0.3) is 0 Å². The summed E-state index contributed by atoms with van der Waals surface area (Å²) in [6.45, 7) is 4.28. The van der Waals surface area contributed by atoms with Gasteiger partial charge in [0.05, 0.1) is 5.56 Å². The lowest BCUT2D eigenvalue weighted by molar-refractivity contribution is 0.209. The van der Waals surface area contributed by atoms with Gasteiger partial charge in [-0.1, -0.05) is 0 Å². The van der Waals surface area contributed by atoms with Gasteiger partial charge in [0.25, 0.3) is 0 Å². The van der Waals surface area contributed by atoms with Crippen molar-refractivity contribution < 1.29 is 5.11 Å². The number of aliphatic hydroxyl groups is 1. The quantitative estimate of drug-likeness (QED) is 0.834. The molecular formula is C14H18N4O. The van der Waals surface area contributed by atoms with Crippen LogP contribution in [0.15, 0.2) is 18.3 Å². The van der Waals surface area contributed by atoms with Gasteiger partial charge in [-0.3, -0.25) is 4.90 Å². The maximum Gasteiger partial charge on any atom is 0.128 e. The number of aliphatic hydroxyl groups excluding tert-OH is 1. The summed E-state index contributed by atoms with van der Waals surface area (Å²) in [7, 11) is 0. The monoisotopic (exact) mass is 258 g/mol. The van der Waals surface area contributed by atoms with Gasteiger partial charge in [-0.2, -0.15) is 5.26 Å². The van der Waals surface area contributed by atoms with E-state index in [9.17, 15) is 5.11 Å². The van der Waals surface area contributed by atoms with Crippen molar-refractivity contribution in [1.82, 2.24) is 9.88 Å². The molecule has 1 aromatic rings. The van der Waals surface area contributed by atoms with Gasteiger partial charge in [-0.05, 0) is 24.5 Å². The number of nitriles is 1. The van der Waals surface area contributed by atoms with Crippen molar-refractivity contribution in [3.8, 4) is 6.07 Å². The van der Waals surface area contributed by atoms with Crippen LogP contribution in [-0.4, -0.2) is 53.8 Å². The molecule has 2 saturated heterocycles. The molecule has 5 nitrogen and oxygen atoms in total. The number of rotatable bonds is 2. The highest BCUT2D eigenvalue weighted by molar-refractivity contribution is 5.42. The predicted molar refractivity (Wildman–Crippen MR) is 71.7 cm³/mol. The minimum atomic E-state index is 0.294. The van der Waals surface area contributed by atoms with Gasteiger partial charge >= 0.3 is 0 Å². The Kier molecular flexibility index (Phi) is 3.36. The van der Waals surface area contributed by atoms with Crippen molar-refractivity contribution in [2.45, 2.75) is 12.5 Å². The Morgan fingerprint density at radius 1 is 1.37 bits per heavy atom. The molecule has 2 aliphatic rings. The van der Waals surface area contributed by atoms with Crippen molar-refractivity contribution in [2.75, 3.05) is 37.7 Å². The lowest BCUT2D eigenvalue weighted by Gasteiger charge is -2.38. The molecule has 0 spiro atoms. The van der Waals surface area contributed by atoms with Gasteiger partial charge in [0.2, 0.25) is 0 Å². The van der Waals surface area contributed by atoms with Crippen LogP contribution in [0.5, 0.6) is 0 Å². The largest absolute Gasteiger partial charge is 0.396 e. The van der Waals surface area contributed by atoms with Crippen LogP contribution >= 0.6 is 0 Å². The highest BCUT2D eigenvalue weighted by Crippen LogP contribution is 2.27. The van der Waals surface area contributed by atoms with Gasteiger partial charge in [0, 0.05) is 45.0 Å². The molecule has 19 heavy (non-hydrogen) atoms. The molecule has 0 bridgehead atoms. The van der Waals surface area contributed by atoms with E-state index in [1.807, 2.05) is 12.1 Å². The molecule has 0 aromatic carbocycles. The maximum absolute atomic E-state index is 9.27. The smallest absolute Gasteiger partial charge is 0.128 e. The van der Waals surface area contributed by atoms with E-state index < -0.39 is 0 Å². The normalized spacial score (nSPS) is 27.1. The first kappa shape index (κ1) is 12.4. The summed E-state index contributed by atoms with van der Waals surface area (Å²) in [6, 6.07) is 6.36. The Balaban J connectivity index is 1.69. The minimum absolute atomic E-state index is 0.294. The third-order valence-corrected chi connectivity index (χ3v) is 4.16. The van der Waals surface area contributed by atoms with E-state index >= 15 is 0 Å². The summed E-state index contributed by atoms with van der Waals surface area (Å²) in [6.07, 6.45) is 2.70. The van der Waals surface area contributed by atoms with Gasteiger partial charge < -0.3 is 10.0 Å². The lowest BCUT2D eigenvalue weighted by Crippen LogP contribution is -2.50. The number of aromatic nitrogens is 1. The third-order valence-electron chi connectivity index (χ3n) is 4.16. The maximum atomic E-state index is 9.27. The van der Waals surface area contributed by atoms with Crippen molar-refractivity contribution in [3.63, 3.8) is 0 Å². The minimum Gasteiger partial charge on any atom is -0.396 e. The molecule has 1 aromatic heterocycles. The summed E-state index contributed by atoms with van der Waals surface area (Å²) < 4.78 is 0. The Morgan fingerprint density at radius 3 is 2.95 bits per heavy atom. The molecule has 0 radical (unpaired) electrons. The molecule has 0 unspecified atom stereocenters. The lowest BCUT2D eigenvalue weighted by atomic mass is 10.1. The Hall–Kier alpha value is -1.64. The molecule has 2 fully saturated rings. The van der Waals surface area contributed by atoms with Gasteiger partial charge in [0.15, 0.2) is 0 Å². The standard InChI is InChI=1S/C14H18N4O/c15-6-11-1-2-14(16-7-11)18-4-3-17-8-12(10-19)5-13(17)9-18/h1-2,7,12-13,19H,3-5,8-10H2/t12-,13-/m0/s1. The highest BCUT2D eigenvalue weighted by atomic mass is 16.3. The number of piperazine rings is 1. The average molecular weight is 258 g/mol. The van der Waals surface area contributed by atoms with E-state index in [1.54, 1.807) is 6.20 Å². The number of hydrogen-bond donors (Lipinski definition) is 1. The topological polar surface area (TPSA) is 63.4 Å². The number of nitrogens with zero attached hydrogens (tertiary/aromatic N) is 4. The van der Waals surface area contributed by atoms with Crippen molar-refractivity contribution >= 4 is 5.82 Å². The Labute approximate surface area is 113 Å². The zero-order valence-corrected chi connectivity index (χ0v) is 10.9. The van der Waals surface area contributed by atoms with Crippen LogP contribution in [0.3, 0.4) is 0 Å². The summed E-state index contributed by atoms with van der Waals surface area (Å²) in [5, 5.41) is 18.1. The van der Waals surface area contributed by atoms with E-state index in [0.717, 1.165) is 38.4 Å². The molecule has 1 N–H and O–H groups in total. The predicted octanol–water partition coefficient (Wildman–Crippen LogP) is 0.456. The van der Waals surface area contributed by atoms with Crippen LogP contribution in [0, 0.1) is 17.2 Å². The Bertz CT molecular complexity index is 481. The van der Waals surface area contributed by atoms with Crippen molar-refractivity contribution in [1.29, 1.82) is 5.26 Å². The van der Waals surface area contributed by atoms with Crippen LogP contribution in [-0.2, 0) is 0 Å². The molecule has 0 amide bonds. The van der Waals surface area contributed by atoms with Gasteiger partial charge in [-0.15, -0.1) is 0 Å². The van der Waals surface area contributed by atoms with Gasteiger partial charge in [-0.25, -0.2) is 4.98 Å². The molecule has 100 valence electrons. The summed E-state index contributed by atoms with van der Waals surface area (Å²) in [5.74, 6) is 1.38. The van der Waals surface area contributed by atoms with E-state index in [0.29, 0.717) is 24.1 Å². The number of pyridine rings is 1. The summed E-state index contributed by atoms with van der Waals surface area (Å²) in [4.78, 5) is 9.12. The van der Waals surface area contributed by atoms with Crippen molar-refractivity contribution in [2.24, 2.45) is 5.92 Å². The second-order valence-electron chi connectivity index (χ2n) is 5.40. The zero-order chi connectivity index (χ0) is 13.2. The SMILES string of the molecule is N#Cc1ccc(N2CCN3C[C@@H](CO)C[C@H]3C2)nc1. The van der Waals surface area contributed by atoms with Crippen LogP contribution in [0.2, 0.25) is 0 Å². The molecule has 2 atom stereocenters. The Morgan fingerprint density at radius 2 is 2.26 bits per heavy atom. The zero-order valence-electron chi connectivity index (χ0n) is 10.9. The molecule has 2 aliphatic heterocycles. The molecule has 5 heteroatoms. The van der Waals surface area contributed by atoms with E-state index in [1.165, 1.54) is 0 Å².